The Hall–Kier alpha value is -2.34. The van der Waals surface area contributed by atoms with Gasteiger partial charge < -0.3 is 15.3 Å². The maximum Gasteiger partial charge on any atom is 0.317 e. The lowest BCUT2D eigenvalue weighted by Gasteiger charge is -2.23. The number of aromatic nitrogens is 2. The van der Waals surface area contributed by atoms with Crippen LogP contribution in [-0.2, 0) is 13.6 Å². The number of benzene rings is 1. The van der Waals surface area contributed by atoms with Crippen molar-refractivity contribution in [1.29, 1.82) is 0 Å². The van der Waals surface area contributed by atoms with E-state index in [2.05, 4.69) is 16.5 Å². The van der Waals surface area contributed by atoms with Gasteiger partial charge in [0.15, 0.2) is 0 Å². The van der Waals surface area contributed by atoms with Crippen LogP contribution in [0, 0.1) is 5.92 Å². The van der Waals surface area contributed by atoms with Gasteiger partial charge in [0, 0.05) is 44.9 Å². The molecule has 0 radical (unpaired) electrons. The molecule has 0 aliphatic heterocycles. The zero-order valence-electron chi connectivity index (χ0n) is 14.9. The fraction of sp³-hybridized carbons (Fsp3) is 0.474. The third-order valence-electron chi connectivity index (χ3n) is 4.88. The molecule has 134 valence electrons. The molecule has 0 saturated heterocycles. The number of urea groups is 1. The number of carbonyl (C=O) groups excluding carboxylic acids is 1. The first kappa shape index (κ1) is 17.5. The predicted octanol–water partition coefficient (Wildman–Crippen LogP) is 2.39. The fourth-order valence-electron chi connectivity index (χ4n) is 3.41. The van der Waals surface area contributed by atoms with Gasteiger partial charge in [0.05, 0.1) is 12.3 Å². The summed E-state index contributed by atoms with van der Waals surface area (Å²) in [6, 6.07) is 7.99. The van der Waals surface area contributed by atoms with Gasteiger partial charge in [-0.3, -0.25) is 4.68 Å². The van der Waals surface area contributed by atoms with E-state index in [0.29, 0.717) is 13.1 Å². The van der Waals surface area contributed by atoms with Crippen molar-refractivity contribution in [3.63, 3.8) is 0 Å². The van der Waals surface area contributed by atoms with Crippen LogP contribution in [0.2, 0.25) is 0 Å². The van der Waals surface area contributed by atoms with E-state index in [0.717, 1.165) is 36.0 Å². The maximum atomic E-state index is 12.3. The summed E-state index contributed by atoms with van der Waals surface area (Å²) in [5.74, 6) is 0.199. The van der Waals surface area contributed by atoms with E-state index in [1.807, 2.05) is 37.6 Å². The Morgan fingerprint density at radius 3 is 2.92 bits per heavy atom. The summed E-state index contributed by atoms with van der Waals surface area (Å²) in [4.78, 5) is 14.0. The molecule has 25 heavy (non-hydrogen) atoms. The summed E-state index contributed by atoms with van der Waals surface area (Å²) in [7, 11) is 3.68. The number of aryl methyl sites for hydroxylation is 1. The highest BCUT2D eigenvalue weighted by Gasteiger charge is 2.27. The van der Waals surface area contributed by atoms with Crippen LogP contribution in [0.1, 0.15) is 24.8 Å². The van der Waals surface area contributed by atoms with Crippen molar-refractivity contribution in [3.8, 4) is 11.1 Å². The minimum absolute atomic E-state index is 0.106. The van der Waals surface area contributed by atoms with Crippen LogP contribution < -0.4 is 5.32 Å². The molecule has 3 rings (SSSR count). The smallest absolute Gasteiger partial charge is 0.317 e. The van der Waals surface area contributed by atoms with Gasteiger partial charge in [-0.25, -0.2) is 4.79 Å². The van der Waals surface area contributed by atoms with E-state index < -0.39 is 0 Å². The number of nitrogens with zero attached hydrogens (tertiary/aromatic N) is 3. The molecule has 0 spiro atoms. The third-order valence-corrected chi connectivity index (χ3v) is 4.88. The monoisotopic (exact) mass is 342 g/mol. The summed E-state index contributed by atoms with van der Waals surface area (Å²) in [5, 5.41) is 17.1. The van der Waals surface area contributed by atoms with Gasteiger partial charge in [0.2, 0.25) is 0 Å². The van der Waals surface area contributed by atoms with Gasteiger partial charge in [-0.15, -0.1) is 0 Å². The molecule has 2 amide bonds. The van der Waals surface area contributed by atoms with Crippen LogP contribution in [-0.4, -0.2) is 45.5 Å². The molecule has 1 saturated carbocycles. The van der Waals surface area contributed by atoms with Crippen molar-refractivity contribution < 1.29 is 9.90 Å². The summed E-state index contributed by atoms with van der Waals surface area (Å²) in [6.45, 7) is 1.08. The normalized spacial score (nSPS) is 19.8. The Morgan fingerprint density at radius 1 is 1.40 bits per heavy atom. The number of amides is 2. The Balaban J connectivity index is 1.55. The van der Waals surface area contributed by atoms with E-state index in [4.69, 9.17) is 0 Å². The first-order valence-corrected chi connectivity index (χ1v) is 8.78. The fourth-order valence-corrected chi connectivity index (χ4v) is 3.41. The molecular formula is C19H26N4O2. The maximum absolute atomic E-state index is 12.3. The van der Waals surface area contributed by atoms with E-state index >= 15 is 0 Å². The van der Waals surface area contributed by atoms with Crippen molar-refractivity contribution in [2.45, 2.75) is 31.9 Å². The van der Waals surface area contributed by atoms with Gasteiger partial charge in [-0.1, -0.05) is 24.6 Å². The summed E-state index contributed by atoms with van der Waals surface area (Å²) >= 11 is 0. The molecule has 2 aromatic rings. The van der Waals surface area contributed by atoms with Crippen LogP contribution in [0.25, 0.3) is 11.1 Å². The topological polar surface area (TPSA) is 70.4 Å². The molecular weight excluding hydrogens is 316 g/mol. The second kappa shape index (κ2) is 7.70. The van der Waals surface area contributed by atoms with Crippen molar-refractivity contribution in [1.82, 2.24) is 20.0 Å². The second-order valence-electron chi connectivity index (χ2n) is 6.90. The Bertz CT molecular complexity index is 728. The van der Waals surface area contributed by atoms with Gasteiger partial charge in [-0.05, 0) is 30.0 Å². The van der Waals surface area contributed by atoms with Crippen molar-refractivity contribution >= 4 is 6.03 Å². The summed E-state index contributed by atoms with van der Waals surface area (Å²) in [6.07, 6.45) is 6.42. The standard InChI is InChI=1S/C19H26N4O2/c1-22(12-16-7-4-8-18(16)24)19(25)20-10-14-5-3-6-15(9-14)17-11-21-23(2)13-17/h3,5-6,9,11,13,16,18,24H,4,7-8,10,12H2,1-2H3,(H,20,25). The van der Waals surface area contributed by atoms with Crippen LogP contribution in [0.15, 0.2) is 36.7 Å². The minimum Gasteiger partial charge on any atom is -0.393 e. The largest absolute Gasteiger partial charge is 0.393 e. The Kier molecular flexibility index (Phi) is 5.38. The molecule has 2 atom stereocenters. The number of hydrogen-bond acceptors (Lipinski definition) is 3. The molecule has 1 aliphatic carbocycles. The lowest BCUT2D eigenvalue weighted by molar-refractivity contribution is 0.114. The lowest BCUT2D eigenvalue weighted by Crippen LogP contribution is -2.40. The molecule has 6 nitrogen and oxygen atoms in total. The summed E-state index contributed by atoms with van der Waals surface area (Å²) < 4.78 is 1.77. The predicted molar refractivity (Wildman–Crippen MR) is 96.9 cm³/mol. The number of hydrogen-bond donors (Lipinski definition) is 2. The SMILES string of the molecule is CN(CC1CCCC1O)C(=O)NCc1cccc(-c2cnn(C)c2)c1. The first-order valence-electron chi connectivity index (χ1n) is 8.78. The van der Waals surface area contributed by atoms with E-state index in [1.54, 1.807) is 16.6 Å². The minimum atomic E-state index is -0.272. The van der Waals surface area contributed by atoms with Gasteiger partial charge in [0.1, 0.15) is 0 Å². The number of aliphatic hydroxyl groups excluding tert-OH is 1. The highest BCUT2D eigenvalue weighted by Crippen LogP contribution is 2.26. The third kappa shape index (κ3) is 4.39. The van der Waals surface area contributed by atoms with E-state index in [9.17, 15) is 9.90 Å². The first-order chi connectivity index (χ1) is 12.0. The molecule has 2 N–H and O–H groups in total. The number of nitrogens with one attached hydrogen (secondary N) is 1. The van der Waals surface area contributed by atoms with E-state index in [1.165, 1.54) is 0 Å². The van der Waals surface area contributed by atoms with Crippen LogP contribution in [0.5, 0.6) is 0 Å². The molecule has 1 aliphatic rings. The van der Waals surface area contributed by atoms with Crippen LogP contribution >= 0.6 is 0 Å². The zero-order valence-corrected chi connectivity index (χ0v) is 14.9. The quantitative estimate of drug-likeness (QED) is 0.876. The van der Waals surface area contributed by atoms with Gasteiger partial charge in [0.25, 0.3) is 0 Å². The Labute approximate surface area is 148 Å². The van der Waals surface area contributed by atoms with Gasteiger partial charge >= 0.3 is 6.03 Å². The average Bonchev–Trinajstić information content (AvgIpc) is 3.21. The van der Waals surface area contributed by atoms with Crippen molar-refractivity contribution in [3.05, 3.63) is 42.2 Å². The molecule has 1 fully saturated rings. The second-order valence-corrected chi connectivity index (χ2v) is 6.90. The molecule has 1 aromatic heterocycles. The highest BCUT2D eigenvalue weighted by atomic mass is 16.3. The molecule has 2 unspecified atom stereocenters. The molecule has 6 heteroatoms. The lowest BCUT2D eigenvalue weighted by atomic mass is 10.1. The van der Waals surface area contributed by atoms with Crippen molar-refractivity contribution in [2.24, 2.45) is 13.0 Å². The molecule has 0 bridgehead atoms. The molecule has 1 heterocycles. The molecule has 1 aromatic carbocycles. The average molecular weight is 342 g/mol. The number of carbonyl (C=O) groups is 1. The Morgan fingerprint density at radius 2 is 2.24 bits per heavy atom. The van der Waals surface area contributed by atoms with Crippen LogP contribution in [0.3, 0.4) is 0 Å². The number of rotatable bonds is 5. The zero-order chi connectivity index (χ0) is 17.8. The number of aliphatic hydroxyl groups is 1. The van der Waals surface area contributed by atoms with Gasteiger partial charge in [-0.2, -0.15) is 5.10 Å². The highest BCUT2D eigenvalue weighted by molar-refractivity contribution is 5.74. The van der Waals surface area contributed by atoms with Crippen molar-refractivity contribution in [2.75, 3.05) is 13.6 Å². The van der Waals surface area contributed by atoms with Crippen LogP contribution in [0.4, 0.5) is 4.79 Å². The summed E-state index contributed by atoms with van der Waals surface area (Å²) in [5.41, 5.74) is 3.19. The van der Waals surface area contributed by atoms with E-state index in [-0.39, 0.29) is 18.1 Å².